The molecule has 0 fully saturated rings. The lowest BCUT2D eigenvalue weighted by atomic mass is 10.1. The van der Waals surface area contributed by atoms with Crippen LogP contribution in [0.4, 0.5) is 13.2 Å². The molecule has 3 rings (SSSR count). The van der Waals surface area contributed by atoms with Crippen LogP contribution in [0.25, 0.3) is 5.69 Å². The van der Waals surface area contributed by atoms with Gasteiger partial charge in [-0.3, -0.25) is 9.59 Å². The van der Waals surface area contributed by atoms with Crippen LogP contribution in [-0.2, 0) is 17.5 Å². The van der Waals surface area contributed by atoms with E-state index in [2.05, 4.69) is 5.10 Å². The second-order valence-electron chi connectivity index (χ2n) is 7.84. The molecule has 0 aliphatic carbocycles. The van der Waals surface area contributed by atoms with Crippen LogP contribution < -0.4 is 9.47 Å². The van der Waals surface area contributed by atoms with Crippen LogP contribution in [0, 0.1) is 13.8 Å². The number of likely N-dealkylation sites (N-methyl/N-ethyl adjacent to an activating group) is 1. The van der Waals surface area contributed by atoms with E-state index in [-0.39, 0.29) is 35.7 Å². The van der Waals surface area contributed by atoms with Crippen molar-refractivity contribution in [1.29, 1.82) is 0 Å². The number of nitrogens with zero attached hydrogens (tertiary/aromatic N) is 3. The number of benzene rings is 2. The largest absolute Gasteiger partial charge is 0.493 e. The predicted octanol–water partition coefficient (Wildman–Crippen LogP) is 4.76. The quantitative estimate of drug-likeness (QED) is 0.337. The maximum atomic E-state index is 13.2. The van der Waals surface area contributed by atoms with Crippen LogP contribution >= 0.6 is 0 Å². The molecule has 2 aromatic carbocycles. The van der Waals surface area contributed by atoms with Crippen molar-refractivity contribution in [3.05, 3.63) is 70.5 Å². The van der Waals surface area contributed by atoms with Crippen molar-refractivity contribution in [2.24, 2.45) is 0 Å². The van der Waals surface area contributed by atoms with Gasteiger partial charge in [0.15, 0.2) is 11.5 Å². The molecule has 10 heteroatoms. The minimum Gasteiger partial charge on any atom is -0.493 e. The predicted molar refractivity (Wildman–Crippen MR) is 123 cm³/mol. The maximum absolute atomic E-state index is 13.2. The van der Waals surface area contributed by atoms with E-state index in [0.29, 0.717) is 11.5 Å². The maximum Gasteiger partial charge on any atom is 0.416 e. The Kier molecular flexibility index (Phi) is 7.52. The number of hydrogen-bond donors (Lipinski definition) is 0. The molecule has 0 aliphatic heterocycles. The molecule has 0 N–H and O–H groups in total. The summed E-state index contributed by atoms with van der Waals surface area (Å²) < 4.78 is 51.2. The van der Waals surface area contributed by atoms with Gasteiger partial charge in [0.25, 0.3) is 11.7 Å². The molecule has 1 amide bonds. The van der Waals surface area contributed by atoms with Gasteiger partial charge in [-0.25, -0.2) is 4.68 Å². The Balaban J connectivity index is 1.90. The summed E-state index contributed by atoms with van der Waals surface area (Å²) >= 11 is 0. The minimum atomic E-state index is -4.52. The van der Waals surface area contributed by atoms with Crippen molar-refractivity contribution in [2.75, 3.05) is 20.8 Å². The summed E-state index contributed by atoms with van der Waals surface area (Å²) in [7, 11) is 3.02. The van der Waals surface area contributed by atoms with E-state index in [0.717, 1.165) is 17.7 Å². The highest BCUT2D eigenvalue weighted by Crippen LogP contribution is 2.31. The molecule has 186 valence electrons. The highest BCUT2D eigenvalue weighted by molar-refractivity contribution is 6.43. The number of carbonyl (C=O) groups excluding carboxylic acids is 2. The number of alkyl halides is 3. The molecular formula is C25H26F3N3O4. The molecule has 0 unspecified atom stereocenters. The van der Waals surface area contributed by atoms with Gasteiger partial charge in [-0.2, -0.15) is 18.3 Å². The fourth-order valence-electron chi connectivity index (χ4n) is 3.81. The number of carbonyl (C=O) groups is 2. The summed E-state index contributed by atoms with van der Waals surface area (Å²) in [5.41, 5.74) is 0.642. The number of Topliss-reactive ketones (excluding diaryl/α,β-unsaturated/α-hetero) is 1. The van der Waals surface area contributed by atoms with E-state index in [1.165, 1.54) is 35.9 Å². The monoisotopic (exact) mass is 489 g/mol. The van der Waals surface area contributed by atoms with Crippen LogP contribution in [0.2, 0.25) is 0 Å². The summed E-state index contributed by atoms with van der Waals surface area (Å²) in [6.45, 7) is 5.26. The van der Waals surface area contributed by atoms with Gasteiger partial charge >= 0.3 is 6.18 Å². The zero-order chi connectivity index (χ0) is 25.9. The number of aromatic nitrogens is 2. The summed E-state index contributed by atoms with van der Waals surface area (Å²) in [6, 6.07) is 9.83. The standard InChI is InChI=1S/C25H26F3N3O4/c1-6-30(14-17-10-11-20(34-4)21(12-17)35-5)24(33)23(32)22-15(2)29-31(16(22)3)19-9-7-8-18(13-19)25(26,27)28/h7-13H,6,14H2,1-5H3. The molecule has 0 saturated heterocycles. The third-order valence-corrected chi connectivity index (χ3v) is 5.62. The van der Waals surface area contributed by atoms with E-state index >= 15 is 0 Å². The second-order valence-corrected chi connectivity index (χ2v) is 7.84. The normalized spacial score (nSPS) is 11.3. The first-order valence-electron chi connectivity index (χ1n) is 10.8. The lowest BCUT2D eigenvalue weighted by Gasteiger charge is -2.21. The van der Waals surface area contributed by atoms with Crippen LogP contribution in [0.1, 0.15) is 39.8 Å². The summed E-state index contributed by atoms with van der Waals surface area (Å²) in [4.78, 5) is 27.7. The Morgan fingerprint density at radius 1 is 1.03 bits per heavy atom. The number of halogens is 3. The van der Waals surface area contributed by atoms with Gasteiger partial charge in [-0.1, -0.05) is 12.1 Å². The first kappa shape index (κ1) is 25.8. The number of amides is 1. The number of aryl methyl sites for hydroxylation is 1. The zero-order valence-corrected chi connectivity index (χ0v) is 20.1. The first-order valence-corrected chi connectivity index (χ1v) is 10.8. The fraction of sp³-hybridized carbons (Fsp3) is 0.320. The van der Waals surface area contributed by atoms with E-state index in [1.54, 1.807) is 39.0 Å². The second kappa shape index (κ2) is 10.2. The summed E-state index contributed by atoms with van der Waals surface area (Å²) in [6.07, 6.45) is -4.52. The molecule has 0 aliphatic rings. The zero-order valence-electron chi connectivity index (χ0n) is 20.1. The molecule has 7 nitrogen and oxygen atoms in total. The van der Waals surface area contributed by atoms with Gasteiger partial charge in [-0.15, -0.1) is 0 Å². The van der Waals surface area contributed by atoms with Crippen LogP contribution in [0.5, 0.6) is 11.5 Å². The van der Waals surface area contributed by atoms with Gasteiger partial charge in [0.1, 0.15) is 0 Å². The Labute approximate surface area is 201 Å². The Bertz CT molecular complexity index is 1250. The smallest absolute Gasteiger partial charge is 0.416 e. The Morgan fingerprint density at radius 3 is 2.31 bits per heavy atom. The van der Waals surface area contributed by atoms with E-state index in [1.807, 2.05) is 0 Å². The van der Waals surface area contributed by atoms with Crippen molar-refractivity contribution < 1.29 is 32.2 Å². The Hall–Kier alpha value is -3.82. The summed E-state index contributed by atoms with van der Waals surface area (Å²) in [5.74, 6) is -0.485. The first-order chi connectivity index (χ1) is 16.5. The third kappa shape index (κ3) is 5.31. The molecule has 0 radical (unpaired) electrons. The van der Waals surface area contributed by atoms with Gasteiger partial charge in [-0.05, 0) is 56.7 Å². The molecule has 0 spiro atoms. The molecule has 3 aromatic rings. The average molecular weight is 489 g/mol. The third-order valence-electron chi connectivity index (χ3n) is 5.62. The van der Waals surface area contributed by atoms with Crippen LogP contribution in [0.15, 0.2) is 42.5 Å². The highest BCUT2D eigenvalue weighted by Gasteiger charge is 2.32. The van der Waals surface area contributed by atoms with Crippen molar-refractivity contribution in [1.82, 2.24) is 14.7 Å². The molecule has 35 heavy (non-hydrogen) atoms. The highest BCUT2D eigenvalue weighted by atomic mass is 19.4. The molecule has 1 aromatic heterocycles. The molecule has 1 heterocycles. The number of hydrogen-bond acceptors (Lipinski definition) is 5. The topological polar surface area (TPSA) is 73.7 Å². The van der Waals surface area contributed by atoms with Crippen molar-refractivity contribution >= 4 is 11.7 Å². The number of methoxy groups -OCH3 is 2. The average Bonchev–Trinajstić information content (AvgIpc) is 3.14. The van der Waals surface area contributed by atoms with Crippen LogP contribution in [-0.4, -0.2) is 47.1 Å². The van der Waals surface area contributed by atoms with Crippen molar-refractivity contribution in [3.8, 4) is 17.2 Å². The minimum absolute atomic E-state index is 0.0678. The van der Waals surface area contributed by atoms with Gasteiger partial charge in [0.2, 0.25) is 0 Å². The van der Waals surface area contributed by atoms with E-state index in [4.69, 9.17) is 9.47 Å². The number of rotatable bonds is 8. The molecular weight excluding hydrogens is 463 g/mol. The van der Waals surface area contributed by atoms with Gasteiger partial charge in [0, 0.05) is 13.1 Å². The van der Waals surface area contributed by atoms with Crippen LogP contribution in [0.3, 0.4) is 0 Å². The lowest BCUT2D eigenvalue weighted by molar-refractivity contribution is -0.137. The van der Waals surface area contributed by atoms with Crippen molar-refractivity contribution in [3.63, 3.8) is 0 Å². The van der Waals surface area contributed by atoms with Gasteiger partial charge < -0.3 is 14.4 Å². The van der Waals surface area contributed by atoms with E-state index in [9.17, 15) is 22.8 Å². The summed E-state index contributed by atoms with van der Waals surface area (Å²) in [5, 5.41) is 4.25. The lowest BCUT2D eigenvalue weighted by Crippen LogP contribution is -2.36. The van der Waals surface area contributed by atoms with Crippen molar-refractivity contribution in [2.45, 2.75) is 33.5 Å². The van der Waals surface area contributed by atoms with E-state index < -0.39 is 23.4 Å². The number of ketones is 1. The number of ether oxygens (including phenoxy) is 2. The fourth-order valence-corrected chi connectivity index (χ4v) is 3.81. The SMILES string of the molecule is CCN(Cc1ccc(OC)c(OC)c1)C(=O)C(=O)c1c(C)nn(-c2cccc(C(F)(F)F)c2)c1C. The molecule has 0 bridgehead atoms. The molecule has 0 atom stereocenters. The van der Waals surface area contributed by atoms with Gasteiger partial charge in [0.05, 0.1) is 42.4 Å². The molecule has 0 saturated carbocycles. The Morgan fingerprint density at radius 2 is 1.71 bits per heavy atom.